The summed E-state index contributed by atoms with van der Waals surface area (Å²) in [4.78, 5) is 0. The third-order valence-corrected chi connectivity index (χ3v) is 10.5. The van der Waals surface area contributed by atoms with E-state index in [-0.39, 0.29) is 0 Å². The summed E-state index contributed by atoms with van der Waals surface area (Å²) in [7, 11) is 0. The summed E-state index contributed by atoms with van der Waals surface area (Å²) < 4.78 is 2.02. The molecule has 0 bridgehead atoms. The maximum atomic E-state index is 9.11. The van der Waals surface area contributed by atoms with Gasteiger partial charge in [-0.25, -0.2) is 0 Å². The molecule has 4 saturated carbocycles. The average molecular weight is 408 g/mol. The van der Waals surface area contributed by atoms with Gasteiger partial charge in [0.25, 0.3) is 0 Å². The number of nitrogens with zero attached hydrogens (tertiary/aromatic N) is 3. The predicted molar refractivity (Wildman–Crippen MR) is 120 cm³/mol. The van der Waals surface area contributed by atoms with E-state index in [2.05, 4.69) is 31.9 Å². The van der Waals surface area contributed by atoms with Gasteiger partial charge in [-0.1, -0.05) is 33.6 Å². The molecule has 164 valence electrons. The Morgan fingerprint density at radius 2 is 2.00 bits per heavy atom. The van der Waals surface area contributed by atoms with Crippen LogP contribution in [0.25, 0.3) is 0 Å². The van der Waals surface area contributed by atoms with Crippen LogP contribution in [-0.4, -0.2) is 9.78 Å². The predicted octanol–water partition coefficient (Wildman–Crippen LogP) is 6.69. The molecule has 0 spiro atoms. The summed E-state index contributed by atoms with van der Waals surface area (Å²) in [5, 5.41) is 13.6. The summed E-state index contributed by atoms with van der Waals surface area (Å²) in [6, 6.07) is 2.22. The van der Waals surface area contributed by atoms with Crippen molar-refractivity contribution in [3.8, 4) is 6.07 Å². The maximum Gasteiger partial charge on any atom is 0.102 e. The lowest BCUT2D eigenvalue weighted by Crippen LogP contribution is -2.48. The topological polar surface area (TPSA) is 41.6 Å². The SMILES string of the molecule is C[C@H]1CCC[C@H]2C(CC[C@@H]3C2CC[C@@]2(C)C3CC[C@@H]2[C@H](C)Cn2cc(C#N)cn2)C1. The first kappa shape index (κ1) is 20.6. The van der Waals surface area contributed by atoms with E-state index in [9.17, 15) is 0 Å². The van der Waals surface area contributed by atoms with E-state index < -0.39 is 0 Å². The third kappa shape index (κ3) is 3.43. The Hall–Kier alpha value is -1.30. The molecule has 0 radical (unpaired) electrons. The normalized spacial score (nSPS) is 44.3. The monoisotopic (exact) mass is 407 g/mol. The van der Waals surface area contributed by atoms with Crippen LogP contribution in [0.3, 0.4) is 0 Å². The first-order chi connectivity index (χ1) is 14.5. The molecular weight excluding hydrogens is 366 g/mol. The van der Waals surface area contributed by atoms with Gasteiger partial charge in [-0.2, -0.15) is 10.4 Å². The average Bonchev–Trinajstić information content (AvgIpc) is 3.26. The van der Waals surface area contributed by atoms with Crippen LogP contribution in [0, 0.1) is 64.1 Å². The van der Waals surface area contributed by atoms with Gasteiger partial charge in [0.2, 0.25) is 0 Å². The van der Waals surface area contributed by atoms with Crippen molar-refractivity contribution < 1.29 is 0 Å². The first-order valence-electron chi connectivity index (χ1n) is 12.9. The highest BCUT2D eigenvalue weighted by Gasteiger charge is 2.57. The lowest BCUT2D eigenvalue weighted by molar-refractivity contribution is -0.0624. The van der Waals surface area contributed by atoms with Gasteiger partial charge in [-0.05, 0) is 104 Å². The van der Waals surface area contributed by atoms with Crippen LogP contribution in [0.2, 0.25) is 0 Å². The van der Waals surface area contributed by atoms with Crippen LogP contribution < -0.4 is 0 Å². The molecule has 0 aliphatic heterocycles. The van der Waals surface area contributed by atoms with Crippen molar-refractivity contribution in [2.45, 2.75) is 91.5 Å². The smallest absolute Gasteiger partial charge is 0.102 e. The van der Waals surface area contributed by atoms with Crippen molar-refractivity contribution >= 4 is 0 Å². The van der Waals surface area contributed by atoms with E-state index in [0.717, 1.165) is 48.0 Å². The Kier molecular flexibility index (Phi) is 5.49. The number of aromatic nitrogens is 2. The van der Waals surface area contributed by atoms with Crippen molar-refractivity contribution in [3.05, 3.63) is 18.0 Å². The summed E-state index contributed by atoms with van der Waals surface area (Å²) in [6.07, 6.45) is 18.5. The quantitative estimate of drug-likeness (QED) is 0.560. The molecule has 4 fully saturated rings. The molecule has 1 aromatic rings. The maximum absolute atomic E-state index is 9.11. The molecule has 0 N–H and O–H groups in total. The Balaban J connectivity index is 1.30. The standard InChI is InChI=1S/C27H41N3/c1-18-5-4-6-22-21(13-18)7-8-24-23(22)11-12-27(3)25(9-10-26(24)27)19(2)16-30-17-20(14-28)15-29-30/h15,17-19,21-26H,4-13,16H2,1-3H3/t18-,19+,21?,22-,23?,24+,25+,26?,27+/m0/s1. The summed E-state index contributed by atoms with van der Waals surface area (Å²) in [6.45, 7) is 8.58. The molecule has 4 aliphatic rings. The molecule has 3 unspecified atom stereocenters. The number of nitriles is 1. The van der Waals surface area contributed by atoms with Crippen molar-refractivity contribution in [2.24, 2.45) is 52.8 Å². The van der Waals surface area contributed by atoms with Crippen LogP contribution >= 0.6 is 0 Å². The van der Waals surface area contributed by atoms with E-state index in [1.54, 1.807) is 6.20 Å². The minimum absolute atomic E-state index is 0.524. The Morgan fingerprint density at radius 3 is 2.80 bits per heavy atom. The van der Waals surface area contributed by atoms with Crippen molar-refractivity contribution in [1.82, 2.24) is 9.78 Å². The van der Waals surface area contributed by atoms with Crippen molar-refractivity contribution in [3.63, 3.8) is 0 Å². The van der Waals surface area contributed by atoms with Gasteiger partial charge >= 0.3 is 0 Å². The van der Waals surface area contributed by atoms with Crippen LogP contribution in [0.15, 0.2) is 12.4 Å². The molecule has 0 saturated heterocycles. The van der Waals surface area contributed by atoms with Gasteiger partial charge in [0.05, 0.1) is 11.8 Å². The number of rotatable bonds is 3. The molecule has 4 aliphatic carbocycles. The fraction of sp³-hybridized carbons (Fsp3) is 0.852. The summed E-state index contributed by atoms with van der Waals surface area (Å²) in [5.74, 6) is 7.49. The lowest BCUT2D eigenvalue weighted by atomic mass is 9.50. The van der Waals surface area contributed by atoms with Gasteiger partial charge in [-0.3, -0.25) is 4.68 Å². The van der Waals surface area contributed by atoms with Crippen LogP contribution in [0.1, 0.15) is 90.5 Å². The van der Waals surface area contributed by atoms with Crippen LogP contribution in [-0.2, 0) is 6.54 Å². The van der Waals surface area contributed by atoms with Gasteiger partial charge in [0.1, 0.15) is 6.07 Å². The Labute approximate surface area is 183 Å². The third-order valence-electron chi connectivity index (χ3n) is 10.5. The van der Waals surface area contributed by atoms with E-state index in [1.165, 1.54) is 64.2 Å². The van der Waals surface area contributed by atoms with Gasteiger partial charge in [-0.15, -0.1) is 0 Å². The molecular formula is C27H41N3. The van der Waals surface area contributed by atoms with Crippen molar-refractivity contribution in [2.75, 3.05) is 0 Å². The van der Waals surface area contributed by atoms with Crippen LogP contribution in [0.5, 0.6) is 0 Å². The Morgan fingerprint density at radius 1 is 1.13 bits per heavy atom. The highest BCUT2D eigenvalue weighted by molar-refractivity contribution is 5.21. The Bertz CT molecular complexity index is 790. The zero-order valence-electron chi connectivity index (χ0n) is 19.4. The molecule has 30 heavy (non-hydrogen) atoms. The molecule has 1 heterocycles. The second-order valence-corrected chi connectivity index (χ2v) is 12.0. The number of hydrogen-bond acceptors (Lipinski definition) is 2. The van der Waals surface area contributed by atoms with E-state index >= 15 is 0 Å². The zero-order chi connectivity index (χ0) is 20.9. The number of hydrogen-bond donors (Lipinski definition) is 0. The molecule has 1 aromatic heterocycles. The second kappa shape index (κ2) is 7.99. The van der Waals surface area contributed by atoms with E-state index in [1.807, 2.05) is 10.9 Å². The minimum Gasteiger partial charge on any atom is -0.271 e. The van der Waals surface area contributed by atoms with Crippen molar-refractivity contribution in [1.29, 1.82) is 5.26 Å². The molecule has 5 rings (SSSR count). The first-order valence-corrected chi connectivity index (χ1v) is 12.9. The summed E-state index contributed by atoms with van der Waals surface area (Å²) >= 11 is 0. The molecule has 3 nitrogen and oxygen atoms in total. The second-order valence-electron chi connectivity index (χ2n) is 12.0. The highest BCUT2D eigenvalue weighted by atomic mass is 15.3. The summed E-state index contributed by atoms with van der Waals surface area (Å²) in [5.41, 5.74) is 1.21. The van der Waals surface area contributed by atoms with Gasteiger partial charge < -0.3 is 0 Å². The van der Waals surface area contributed by atoms with E-state index in [4.69, 9.17) is 5.26 Å². The van der Waals surface area contributed by atoms with Gasteiger partial charge in [0.15, 0.2) is 0 Å². The largest absolute Gasteiger partial charge is 0.271 e. The molecule has 0 aromatic carbocycles. The van der Waals surface area contributed by atoms with Crippen LogP contribution in [0.4, 0.5) is 0 Å². The number of fused-ring (bicyclic) bond motifs is 5. The molecule has 0 amide bonds. The van der Waals surface area contributed by atoms with Gasteiger partial charge in [0, 0.05) is 12.7 Å². The zero-order valence-corrected chi connectivity index (χ0v) is 19.4. The highest BCUT2D eigenvalue weighted by Crippen LogP contribution is 2.65. The lowest BCUT2D eigenvalue weighted by Gasteiger charge is -2.55. The van der Waals surface area contributed by atoms with E-state index in [0.29, 0.717) is 16.9 Å². The fourth-order valence-electron chi connectivity index (χ4n) is 9.23. The molecule has 3 heteroatoms. The minimum atomic E-state index is 0.524. The molecule has 9 atom stereocenters. The fourth-order valence-corrected chi connectivity index (χ4v) is 9.23.